The molecule has 0 aliphatic carbocycles. The summed E-state index contributed by atoms with van der Waals surface area (Å²) >= 11 is 0. The third-order valence-electron chi connectivity index (χ3n) is 4.10. The van der Waals surface area contributed by atoms with E-state index in [0.29, 0.717) is 5.92 Å². The van der Waals surface area contributed by atoms with Gasteiger partial charge in [0.15, 0.2) is 0 Å². The summed E-state index contributed by atoms with van der Waals surface area (Å²) in [4.78, 5) is 16.3. The molecule has 0 bridgehead atoms. The first-order valence-corrected chi connectivity index (χ1v) is 6.77. The summed E-state index contributed by atoms with van der Waals surface area (Å²) in [6.45, 7) is 2.31. The topological polar surface area (TPSA) is 48.1 Å². The van der Waals surface area contributed by atoms with Crippen LogP contribution in [0.3, 0.4) is 0 Å². The standard InChI is InChI=1S/C15H19N3O/c1-18-6-4-11(5-7-18)14-9-16-15-3-2-12(17-10-19)8-13(14)15/h2-3,8-11,16H,4-7H2,1H3,(H,17,19). The van der Waals surface area contributed by atoms with Crippen molar-refractivity contribution in [2.24, 2.45) is 0 Å². The first-order valence-electron chi connectivity index (χ1n) is 6.77. The van der Waals surface area contributed by atoms with Gasteiger partial charge in [-0.2, -0.15) is 0 Å². The van der Waals surface area contributed by atoms with Crippen LogP contribution in [0.5, 0.6) is 0 Å². The third-order valence-corrected chi connectivity index (χ3v) is 4.10. The van der Waals surface area contributed by atoms with E-state index in [2.05, 4.69) is 34.5 Å². The summed E-state index contributed by atoms with van der Waals surface area (Å²) in [5, 5.41) is 3.96. The Bertz CT molecular complexity index is 582. The van der Waals surface area contributed by atoms with Crippen LogP contribution in [-0.2, 0) is 4.79 Å². The van der Waals surface area contributed by atoms with Crippen molar-refractivity contribution < 1.29 is 4.79 Å². The van der Waals surface area contributed by atoms with Gasteiger partial charge in [0.2, 0.25) is 6.41 Å². The second kappa shape index (κ2) is 5.05. The van der Waals surface area contributed by atoms with Gasteiger partial charge in [-0.15, -0.1) is 0 Å². The average Bonchev–Trinajstić information content (AvgIpc) is 2.83. The minimum absolute atomic E-state index is 0.622. The van der Waals surface area contributed by atoms with Gasteiger partial charge in [0, 0.05) is 22.8 Å². The van der Waals surface area contributed by atoms with Crippen molar-refractivity contribution in [3.05, 3.63) is 30.0 Å². The van der Waals surface area contributed by atoms with Crippen LogP contribution in [0.25, 0.3) is 10.9 Å². The maximum atomic E-state index is 10.5. The highest BCUT2D eigenvalue weighted by molar-refractivity contribution is 5.89. The minimum Gasteiger partial charge on any atom is -0.361 e. The largest absolute Gasteiger partial charge is 0.361 e. The Morgan fingerprint density at radius 3 is 2.89 bits per heavy atom. The molecule has 1 aliphatic heterocycles. The zero-order chi connectivity index (χ0) is 13.2. The number of carbonyl (C=O) groups is 1. The van der Waals surface area contributed by atoms with Crippen molar-refractivity contribution in [1.82, 2.24) is 9.88 Å². The highest BCUT2D eigenvalue weighted by Crippen LogP contribution is 2.33. The molecule has 4 heteroatoms. The van der Waals surface area contributed by atoms with Gasteiger partial charge in [0.05, 0.1) is 0 Å². The highest BCUT2D eigenvalue weighted by Gasteiger charge is 2.20. The molecule has 2 N–H and O–H groups in total. The van der Waals surface area contributed by atoms with Crippen LogP contribution in [0.1, 0.15) is 24.3 Å². The van der Waals surface area contributed by atoms with Gasteiger partial charge in [-0.3, -0.25) is 4.79 Å². The number of benzene rings is 1. The van der Waals surface area contributed by atoms with Crippen LogP contribution in [0, 0.1) is 0 Å². The zero-order valence-corrected chi connectivity index (χ0v) is 11.1. The lowest BCUT2D eigenvalue weighted by molar-refractivity contribution is -0.105. The maximum Gasteiger partial charge on any atom is 0.211 e. The van der Waals surface area contributed by atoms with E-state index < -0.39 is 0 Å². The second-order valence-electron chi connectivity index (χ2n) is 5.34. The molecule has 19 heavy (non-hydrogen) atoms. The van der Waals surface area contributed by atoms with Crippen molar-refractivity contribution >= 4 is 23.0 Å². The Kier molecular flexibility index (Phi) is 3.25. The van der Waals surface area contributed by atoms with E-state index in [1.807, 2.05) is 12.1 Å². The van der Waals surface area contributed by atoms with Gasteiger partial charge in [-0.05, 0) is 62.7 Å². The Balaban J connectivity index is 1.94. The van der Waals surface area contributed by atoms with Gasteiger partial charge in [-0.1, -0.05) is 0 Å². The number of aromatic amines is 1. The van der Waals surface area contributed by atoms with Crippen molar-refractivity contribution in [1.29, 1.82) is 0 Å². The molecule has 0 atom stereocenters. The van der Waals surface area contributed by atoms with Crippen molar-refractivity contribution in [2.45, 2.75) is 18.8 Å². The zero-order valence-electron chi connectivity index (χ0n) is 11.1. The quantitative estimate of drug-likeness (QED) is 0.830. The number of likely N-dealkylation sites (tertiary alicyclic amines) is 1. The lowest BCUT2D eigenvalue weighted by atomic mass is 9.89. The molecule has 0 saturated carbocycles. The van der Waals surface area contributed by atoms with E-state index in [9.17, 15) is 4.79 Å². The lowest BCUT2D eigenvalue weighted by Gasteiger charge is -2.28. The number of carbonyl (C=O) groups excluding carboxylic acids is 1. The normalized spacial score (nSPS) is 17.7. The first kappa shape index (κ1) is 12.2. The number of fused-ring (bicyclic) bond motifs is 1. The number of hydrogen-bond acceptors (Lipinski definition) is 2. The van der Waals surface area contributed by atoms with Crippen LogP contribution in [0.15, 0.2) is 24.4 Å². The van der Waals surface area contributed by atoms with Gasteiger partial charge >= 0.3 is 0 Å². The fourth-order valence-electron chi connectivity index (χ4n) is 2.96. The number of rotatable bonds is 3. The summed E-state index contributed by atoms with van der Waals surface area (Å²) in [6.07, 6.45) is 5.26. The van der Waals surface area contributed by atoms with E-state index in [0.717, 1.165) is 30.7 Å². The number of nitrogens with one attached hydrogen (secondary N) is 2. The molecule has 0 spiro atoms. The maximum absolute atomic E-state index is 10.5. The van der Waals surface area contributed by atoms with E-state index in [-0.39, 0.29) is 0 Å². The lowest BCUT2D eigenvalue weighted by Crippen LogP contribution is -2.29. The third kappa shape index (κ3) is 2.36. The molecule has 4 nitrogen and oxygen atoms in total. The Hall–Kier alpha value is -1.81. The number of aromatic nitrogens is 1. The number of hydrogen-bond donors (Lipinski definition) is 2. The van der Waals surface area contributed by atoms with Gasteiger partial charge < -0.3 is 15.2 Å². The smallest absolute Gasteiger partial charge is 0.211 e. The van der Waals surface area contributed by atoms with Crippen LogP contribution in [0.2, 0.25) is 0 Å². The number of anilines is 1. The predicted octanol–water partition coefficient (Wildman–Crippen LogP) is 2.55. The molecule has 1 saturated heterocycles. The van der Waals surface area contributed by atoms with E-state index >= 15 is 0 Å². The molecule has 3 rings (SSSR count). The van der Waals surface area contributed by atoms with E-state index in [1.165, 1.54) is 23.8 Å². The molecule has 1 fully saturated rings. The fraction of sp³-hybridized carbons (Fsp3) is 0.400. The van der Waals surface area contributed by atoms with Crippen molar-refractivity contribution in [3.8, 4) is 0 Å². The fourth-order valence-corrected chi connectivity index (χ4v) is 2.96. The summed E-state index contributed by atoms with van der Waals surface area (Å²) in [6, 6.07) is 6.01. The second-order valence-corrected chi connectivity index (χ2v) is 5.34. The van der Waals surface area contributed by atoms with E-state index in [4.69, 9.17) is 0 Å². The Labute approximate surface area is 112 Å². The molecule has 0 unspecified atom stereocenters. The van der Waals surface area contributed by atoms with Crippen LogP contribution >= 0.6 is 0 Å². The first-order chi connectivity index (χ1) is 9.28. The molecule has 1 amide bonds. The molecular weight excluding hydrogens is 238 g/mol. The summed E-state index contributed by atoms with van der Waals surface area (Å²) in [5.41, 5.74) is 3.39. The molecule has 2 heterocycles. The molecule has 100 valence electrons. The molecule has 1 aromatic heterocycles. The Morgan fingerprint density at radius 2 is 2.16 bits per heavy atom. The predicted molar refractivity (Wildman–Crippen MR) is 77.5 cm³/mol. The molecule has 1 aromatic carbocycles. The molecule has 2 aromatic rings. The van der Waals surface area contributed by atoms with Crippen molar-refractivity contribution in [3.63, 3.8) is 0 Å². The highest BCUT2D eigenvalue weighted by atomic mass is 16.1. The number of H-pyrrole nitrogens is 1. The summed E-state index contributed by atoms with van der Waals surface area (Å²) in [5.74, 6) is 0.622. The van der Waals surface area contributed by atoms with Crippen LogP contribution in [0.4, 0.5) is 5.69 Å². The van der Waals surface area contributed by atoms with Gasteiger partial charge in [0.25, 0.3) is 0 Å². The monoisotopic (exact) mass is 257 g/mol. The van der Waals surface area contributed by atoms with Crippen molar-refractivity contribution in [2.75, 3.05) is 25.5 Å². The number of amides is 1. The van der Waals surface area contributed by atoms with Gasteiger partial charge in [0.1, 0.15) is 0 Å². The number of nitrogens with zero attached hydrogens (tertiary/aromatic N) is 1. The summed E-state index contributed by atoms with van der Waals surface area (Å²) < 4.78 is 0. The number of piperidine rings is 1. The van der Waals surface area contributed by atoms with Crippen LogP contribution in [-0.4, -0.2) is 36.4 Å². The van der Waals surface area contributed by atoms with Gasteiger partial charge in [-0.25, -0.2) is 0 Å². The molecular formula is C15H19N3O. The molecule has 0 radical (unpaired) electrons. The van der Waals surface area contributed by atoms with Crippen LogP contribution < -0.4 is 5.32 Å². The SMILES string of the molecule is CN1CCC(c2c[nH]c3ccc(NC=O)cc23)CC1. The summed E-state index contributed by atoms with van der Waals surface area (Å²) in [7, 11) is 2.18. The molecule has 1 aliphatic rings. The minimum atomic E-state index is 0.622. The van der Waals surface area contributed by atoms with E-state index in [1.54, 1.807) is 0 Å². The Morgan fingerprint density at radius 1 is 1.37 bits per heavy atom. The average molecular weight is 257 g/mol.